The van der Waals surface area contributed by atoms with Crippen molar-refractivity contribution >= 4 is 16.5 Å². The van der Waals surface area contributed by atoms with E-state index in [1.807, 2.05) is 0 Å². The average Bonchev–Trinajstić information content (AvgIpc) is 3.07. The smallest absolute Gasteiger partial charge is 0.0459 e. The zero-order valence-corrected chi connectivity index (χ0v) is 16.3. The number of benzene rings is 2. The molecule has 0 spiro atoms. The van der Waals surface area contributed by atoms with Crippen molar-refractivity contribution in [1.29, 1.82) is 0 Å². The fourth-order valence-electron chi connectivity index (χ4n) is 5.19. The van der Waals surface area contributed by atoms with Crippen molar-refractivity contribution in [1.82, 2.24) is 10.3 Å². The van der Waals surface area contributed by atoms with Gasteiger partial charge < -0.3 is 10.3 Å². The van der Waals surface area contributed by atoms with E-state index < -0.39 is 0 Å². The number of aromatic amines is 1. The van der Waals surface area contributed by atoms with E-state index in [0.717, 1.165) is 13.0 Å². The summed E-state index contributed by atoms with van der Waals surface area (Å²) in [5.41, 5.74) is 8.59. The molecule has 3 atom stereocenters. The summed E-state index contributed by atoms with van der Waals surface area (Å²) in [6.45, 7) is 5.58. The van der Waals surface area contributed by atoms with Crippen LogP contribution in [0.3, 0.4) is 0 Å². The van der Waals surface area contributed by atoms with E-state index in [1.165, 1.54) is 46.1 Å². The lowest BCUT2D eigenvalue weighted by Gasteiger charge is -2.36. The van der Waals surface area contributed by atoms with Crippen LogP contribution in [0.1, 0.15) is 48.1 Å². The van der Waals surface area contributed by atoms with Gasteiger partial charge in [0.25, 0.3) is 0 Å². The summed E-state index contributed by atoms with van der Waals surface area (Å²) in [6.07, 6.45) is 5.96. The lowest BCUT2D eigenvalue weighted by Crippen LogP contribution is -2.41. The standard InChI is InChI=1S/C25H28N2/c1-16-8-9-23-21(12-16)22-14-20(13-17(2)25(22)27-23)24-15-19(10-11-26-24)18-6-4-3-5-7-18/h3-10,12,17,20,24,26-27H,11,13-15H2,1-2H3. The van der Waals surface area contributed by atoms with Gasteiger partial charge >= 0.3 is 0 Å². The van der Waals surface area contributed by atoms with Crippen molar-refractivity contribution in [2.24, 2.45) is 5.92 Å². The van der Waals surface area contributed by atoms with Gasteiger partial charge in [0.2, 0.25) is 0 Å². The van der Waals surface area contributed by atoms with Crippen molar-refractivity contribution < 1.29 is 0 Å². The van der Waals surface area contributed by atoms with Gasteiger partial charge in [-0.2, -0.15) is 0 Å². The Kier molecular flexibility index (Phi) is 4.17. The number of H-pyrrole nitrogens is 1. The Labute approximate surface area is 161 Å². The number of nitrogens with one attached hydrogen (secondary N) is 2. The van der Waals surface area contributed by atoms with Crippen molar-refractivity contribution in [2.75, 3.05) is 6.54 Å². The van der Waals surface area contributed by atoms with Crippen LogP contribution in [0.5, 0.6) is 0 Å². The maximum atomic E-state index is 3.80. The van der Waals surface area contributed by atoms with Gasteiger partial charge in [-0.1, -0.05) is 55.0 Å². The Bertz CT molecular complexity index is 996. The highest BCUT2D eigenvalue weighted by atomic mass is 14.9. The van der Waals surface area contributed by atoms with Crippen LogP contribution in [0.2, 0.25) is 0 Å². The fourth-order valence-corrected chi connectivity index (χ4v) is 5.19. The molecule has 2 heterocycles. The molecule has 0 saturated heterocycles. The molecule has 3 aromatic rings. The predicted molar refractivity (Wildman–Crippen MR) is 114 cm³/mol. The van der Waals surface area contributed by atoms with E-state index in [9.17, 15) is 0 Å². The normalized spacial score (nSPS) is 25.3. The van der Waals surface area contributed by atoms with E-state index in [2.05, 4.69) is 78.8 Å². The summed E-state index contributed by atoms with van der Waals surface area (Å²) in [4.78, 5) is 3.72. The zero-order chi connectivity index (χ0) is 18.4. The van der Waals surface area contributed by atoms with Gasteiger partial charge in [-0.25, -0.2) is 0 Å². The molecule has 1 aliphatic heterocycles. The van der Waals surface area contributed by atoms with Crippen LogP contribution in [0.25, 0.3) is 16.5 Å². The van der Waals surface area contributed by atoms with Gasteiger partial charge in [0, 0.05) is 29.2 Å². The highest BCUT2D eigenvalue weighted by molar-refractivity contribution is 5.86. The van der Waals surface area contributed by atoms with Crippen LogP contribution in [0.4, 0.5) is 0 Å². The number of aryl methyl sites for hydroxylation is 1. The first-order valence-corrected chi connectivity index (χ1v) is 10.3. The average molecular weight is 357 g/mol. The molecule has 138 valence electrons. The fraction of sp³-hybridized carbons (Fsp3) is 0.360. The first kappa shape index (κ1) is 16.8. The second-order valence-electron chi connectivity index (χ2n) is 8.48. The molecule has 1 aromatic heterocycles. The highest BCUT2D eigenvalue weighted by Crippen LogP contribution is 2.41. The molecule has 2 heteroatoms. The lowest BCUT2D eigenvalue weighted by molar-refractivity contribution is 0.306. The Balaban J connectivity index is 1.43. The molecule has 0 radical (unpaired) electrons. The number of fused-ring (bicyclic) bond motifs is 3. The Morgan fingerprint density at radius 2 is 1.85 bits per heavy atom. The van der Waals surface area contributed by atoms with E-state index in [4.69, 9.17) is 0 Å². The van der Waals surface area contributed by atoms with E-state index in [0.29, 0.717) is 17.9 Å². The topological polar surface area (TPSA) is 27.8 Å². The number of hydrogen-bond donors (Lipinski definition) is 2. The molecule has 2 aliphatic rings. The first-order chi connectivity index (χ1) is 13.2. The summed E-state index contributed by atoms with van der Waals surface area (Å²) in [6, 6.07) is 18.3. The van der Waals surface area contributed by atoms with Gasteiger partial charge in [-0.15, -0.1) is 0 Å². The molecular weight excluding hydrogens is 328 g/mol. The number of hydrogen-bond acceptors (Lipinski definition) is 1. The zero-order valence-electron chi connectivity index (χ0n) is 16.3. The summed E-state index contributed by atoms with van der Waals surface area (Å²) in [5.74, 6) is 1.29. The summed E-state index contributed by atoms with van der Waals surface area (Å²) in [7, 11) is 0. The predicted octanol–water partition coefficient (Wildman–Crippen LogP) is 5.59. The van der Waals surface area contributed by atoms with Crippen LogP contribution >= 0.6 is 0 Å². The third-order valence-corrected chi connectivity index (χ3v) is 6.59. The van der Waals surface area contributed by atoms with Crippen LogP contribution in [-0.2, 0) is 6.42 Å². The molecule has 2 nitrogen and oxygen atoms in total. The van der Waals surface area contributed by atoms with Crippen LogP contribution < -0.4 is 5.32 Å². The number of rotatable bonds is 2. The third-order valence-electron chi connectivity index (χ3n) is 6.59. The van der Waals surface area contributed by atoms with E-state index >= 15 is 0 Å². The number of aromatic nitrogens is 1. The van der Waals surface area contributed by atoms with Gasteiger partial charge in [0.15, 0.2) is 0 Å². The van der Waals surface area contributed by atoms with Gasteiger partial charge in [-0.05, 0) is 66.9 Å². The minimum absolute atomic E-state index is 0.565. The second-order valence-corrected chi connectivity index (χ2v) is 8.48. The Hall–Kier alpha value is -2.32. The molecule has 1 aliphatic carbocycles. The maximum Gasteiger partial charge on any atom is 0.0459 e. The van der Waals surface area contributed by atoms with Gasteiger partial charge in [-0.3, -0.25) is 0 Å². The largest absolute Gasteiger partial charge is 0.358 e. The SMILES string of the molecule is Cc1ccc2[nH]c3c(c2c1)CC(C1CC(c2ccccc2)=CCN1)CC3C. The molecule has 0 fully saturated rings. The monoisotopic (exact) mass is 356 g/mol. The van der Waals surface area contributed by atoms with Crippen LogP contribution in [-0.4, -0.2) is 17.6 Å². The van der Waals surface area contributed by atoms with Crippen molar-refractivity contribution in [3.05, 3.63) is 77.0 Å². The molecule has 2 aromatic carbocycles. The van der Waals surface area contributed by atoms with Crippen molar-refractivity contribution in [2.45, 2.75) is 45.1 Å². The molecule has 0 amide bonds. The summed E-state index contributed by atoms with van der Waals surface area (Å²) in [5, 5.41) is 5.25. The Morgan fingerprint density at radius 1 is 1.00 bits per heavy atom. The molecular formula is C25H28N2. The minimum Gasteiger partial charge on any atom is -0.358 e. The Morgan fingerprint density at radius 3 is 2.70 bits per heavy atom. The molecule has 3 unspecified atom stereocenters. The van der Waals surface area contributed by atoms with E-state index in [1.54, 1.807) is 5.56 Å². The first-order valence-electron chi connectivity index (χ1n) is 10.3. The highest BCUT2D eigenvalue weighted by Gasteiger charge is 2.33. The van der Waals surface area contributed by atoms with E-state index in [-0.39, 0.29) is 0 Å². The summed E-state index contributed by atoms with van der Waals surface area (Å²) >= 11 is 0. The third kappa shape index (κ3) is 3.02. The molecule has 5 rings (SSSR count). The maximum absolute atomic E-state index is 3.80. The quantitative estimate of drug-likeness (QED) is 0.616. The van der Waals surface area contributed by atoms with Crippen LogP contribution in [0.15, 0.2) is 54.6 Å². The molecule has 27 heavy (non-hydrogen) atoms. The van der Waals surface area contributed by atoms with Gasteiger partial charge in [0.05, 0.1) is 0 Å². The van der Waals surface area contributed by atoms with Crippen molar-refractivity contribution in [3.63, 3.8) is 0 Å². The van der Waals surface area contributed by atoms with Crippen LogP contribution in [0, 0.1) is 12.8 Å². The molecule has 0 saturated carbocycles. The lowest BCUT2D eigenvalue weighted by atomic mass is 9.74. The molecule has 2 N–H and O–H groups in total. The second kappa shape index (κ2) is 6.69. The summed E-state index contributed by atoms with van der Waals surface area (Å²) < 4.78 is 0. The van der Waals surface area contributed by atoms with Crippen molar-refractivity contribution in [3.8, 4) is 0 Å². The van der Waals surface area contributed by atoms with Gasteiger partial charge in [0.1, 0.15) is 0 Å². The molecule has 0 bridgehead atoms. The minimum atomic E-state index is 0.565.